The largest absolute Gasteiger partial charge is 0.484 e. The molecule has 3 rings (SSSR count). The summed E-state index contributed by atoms with van der Waals surface area (Å²) in [5.41, 5.74) is 0. The molecular weight excluding hydrogens is 338 g/mol. The average Bonchev–Trinajstić information content (AvgIpc) is 3.08. The van der Waals surface area contributed by atoms with E-state index in [-0.39, 0.29) is 12.5 Å². The Hall–Kier alpha value is -2.19. The normalized spacial score (nSPS) is 10.9. The SMILES string of the molecule is CCCc1nnc2sc(NC(=O)COc3ccc(Cl)cc3)nn12. The number of nitrogens with zero attached hydrogens (tertiary/aromatic N) is 4. The molecule has 0 spiro atoms. The van der Waals surface area contributed by atoms with Crippen molar-refractivity contribution >= 4 is 38.9 Å². The summed E-state index contributed by atoms with van der Waals surface area (Å²) in [4.78, 5) is 12.6. The number of halogens is 1. The van der Waals surface area contributed by atoms with Crippen LogP contribution in [0.1, 0.15) is 19.2 Å². The molecule has 0 radical (unpaired) electrons. The summed E-state index contributed by atoms with van der Waals surface area (Å²) in [6, 6.07) is 6.81. The van der Waals surface area contributed by atoms with E-state index in [1.54, 1.807) is 28.8 Å². The van der Waals surface area contributed by atoms with E-state index in [0.717, 1.165) is 18.7 Å². The summed E-state index contributed by atoms with van der Waals surface area (Å²) >= 11 is 7.06. The molecule has 7 nitrogen and oxygen atoms in total. The van der Waals surface area contributed by atoms with Gasteiger partial charge in [0, 0.05) is 11.4 Å². The van der Waals surface area contributed by atoms with Gasteiger partial charge in [0.2, 0.25) is 10.1 Å². The standard InChI is InChI=1S/C14H14ClN5O2S/c1-2-3-11-17-18-14-20(11)19-13(23-14)16-12(21)8-22-10-6-4-9(15)5-7-10/h4-7H,2-3,8H2,1H3,(H,16,19,21). The number of ether oxygens (including phenoxy) is 1. The zero-order chi connectivity index (χ0) is 16.2. The lowest BCUT2D eigenvalue weighted by Crippen LogP contribution is -2.20. The first-order chi connectivity index (χ1) is 11.2. The van der Waals surface area contributed by atoms with E-state index in [1.165, 1.54) is 11.3 Å². The van der Waals surface area contributed by atoms with Crippen molar-refractivity contribution in [2.24, 2.45) is 0 Å². The van der Waals surface area contributed by atoms with Crippen LogP contribution in [0.25, 0.3) is 4.96 Å². The van der Waals surface area contributed by atoms with Crippen molar-refractivity contribution in [2.75, 3.05) is 11.9 Å². The average molecular weight is 352 g/mol. The second-order valence-electron chi connectivity index (χ2n) is 4.76. The lowest BCUT2D eigenvalue weighted by atomic mass is 10.3. The summed E-state index contributed by atoms with van der Waals surface area (Å²) < 4.78 is 7.04. The number of benzene rings is 1. The molecule has 1 amide bonds. The smallest absolute Gasteiger partial charge is 0.264 e. The van der Waals surface area contributed by atoms with Gasteiger partial charge in [-0.3, -0.25) is 10.1 Å². The molecule has 1 N–H and O–H groups in total. The fourth-order valence-corrected chi connectivity index (χ4v) is 2.82. The first-order valence-electron chi connectivity index (χ1n) is 7.05. The fraction of sp³-hybridized carbons (Fsp3) is 0.286. The summed E-state index contributed by atoms with van der Waals surface area (Å²) in [5.74, 6) is 1.08. The second-order valence-corrected chi connectivity index (χ2v) is 6.15. The Bertz CT molecular complexity index is 814. The molecule has 2 aromatic heterocycles. The van der Waals surface area contributed by atoms with Crippen molar-refractivity contribution in [1.29, 1.82) is 0 Å². The van der Waals surface area contributed by atoms with Gasteiger partial charge in [0.25, 0.3) is 5.91 Å². The number of carbonyl (C=O) groups excluding carboxylic acids is 1. The van der Waals surface area contributed by atoms with Crippen LogP contribution >= 0.6 is 22.9 Å². The van der Waals surface area contributed by atoms with Crippen LogP contribution in [0.4, 0.5) is 5.13 Å². The molecule has 0 aliphatic carbocycles. The molecule has 0 saturated heterocycles. The van der Waals surface area contributed by atoms with Crippen molar-refractivity contribution in [3.8, 4) is 5.75 Å². The minimum absolute atomic E-state index is 0.108. The third kappa shape index (κ3) is 3.77. The van der Waals surface area contributed by atoms with Crippen LogP contribution in [0.5, 0.6) is 5.75 Å². The Morgan fingerprint density at radius 3 is 2.87 bits per heavy atom. The lowest BCUT2D eigenvalue weighted by Gasteiger charge is -2.05. The summed E-state index contributed by atoms with van der Waals surface area (Å²) in [7, 11) is 0. The van der Waals surface area contributed by atoms with Crippen LogP contribution in [0.3, 0.4) is 0 Å². The van der Waals surface area contributed by atoms with Gasteiger partial charge in [0.1, 0.15) is 5.75 Å². The van der Waals surface area contributed by atoms with E-state index in [0.29, 0.717) is 20.9 Å². The number of rotatable bonds is 6. The van der Waals surface area contributed by atoms with Gasteiger partial charge < -0.3 is 4.74 Å². The zero-order valence-corrected chi connectivity index (χ0v) is 13.9. The molecule has 0 bridgehead atoms. The van der Waals surface area contributed by atoms with Crippen molar-refractivity contribution in [3.05, 3.63) is 35.1 Å². The number of fused-ring (bicyclic) bond motifs is 1. The van der Waals surface area contributed by atoms with Crippen LogP contribution < -0.4 is 10.1 Å². The van der Waals surface area contributed by atoms with Crippen LogP contribution in [-0.4, -0.2) is 32.3 Å². The predicted molar refractivity (Wildman–Crippen MR) is 88.2 cm³/mol. The van der Waals surface area contributed by atoms with E-state index in [1.807, 2.05) is 0 Å². The van der Waals surface area contributed by atoms with Gasteiger partial charge in [-0.1, -0.05) is 29.9 Å². The molecule has 1 aromatic carbocycles. The van der Waals surface area contributed by atoms with Gasteiger partial charge in [0.15, 0.2) is 12.4 Å². The van der Waals surface area contributed by atoms with Crippen LogP contribution in [0, 0.1) is 0 Å². The third-order valence-corrected chi connectivity index (χ3v) is 4.03. The van der Waals surface area contributed by atoms with Crippen molar-refractivity contribution in [1.82, 2.24) is 19.8 Å². The van der Waals surface area contributed by atoms with Gasteiger partial charge in [0.05, 0.1) is 0 Å². The van der Waals surface area contributed by atoms with E-state index in [9.17, 15) is 4.79 Å². The number of carbonyl (C=O) groups is 1. The highest BCUT2D eigenvalue weighted by Crippen LogP contribution is 2.19. The van der Waals surface area contributed by atoms with Gasteiger partial charge in [-0.2, -0.15) is 4.52 Å². The Morgan fingerprint density at radius 2 is 2.13 bits per heavy atom. The number of amides is 1. The second kappa shape index (κ2) is 6.93. The van der Waals surface area contributed by atoms with Crippen molar-refractivity contribution in [2.45, 2.75) is 19.8 Å². The predicted octanol–water partition coefficient (Wildman–Crippen LogP) is 2.81. The zero-order valence-electron chi connectivity index (χ0n) is 12.3. The van der Waals surface area contributed by atoms with E-state index in [4.69, 9.17) is 16.3 Å². The number of anilines is 1. The molecule has 0 aliphatic heterocycles. The minimum Gasteiger partial charge on any atom is -0.484 e. The highest BCUT2D eigenvalue weighted by molar-refractivity contribution is 7.20. The minimum atomic E-state index is -0.290. The lowest BCUT2D eigenvalue weighted by molar-refractivity contribution is -0.118. The first-order valence-corrected chi connectivity index (χ1v) is 8.24. The molecule has 0 fully saturated rings. The Kier molecular flexibility index (Phi) is 4.73. The Balaban J connectivity index is 1.60. The van der Waals surface area contributed by atoms with Gasteiger partial charge in [-0.15, -0.1) is 15.3 Å². The quantitative estimate of drug-likeness (QED) is 0.738. The number of hydrogen-bond donors (Lipinski definition) is 1. The maximum Gasteiger partial charge on any atom is 0.264 e. The summed E-state index contributed by atoms with van der Waals surface area (Å²) in [6.45, 7) is 1.95. The maximum absolute atomic E-state index is 11.9. The van der Waals surface area contributed by atoms with Gasteiger partial charge in [-0.05, 0) is 30.7 Å². The van der Waals surface area contributed by atoms with E-state index < -0.39 is 0 Å². The first kappa shape index (κ1) is 15.7. The number of aryl methyl sites for hydroxylation is 1. The number of aromatic nitrogens is 4. The van der Waals surface area contributed by atoms with Gasteiger partial charge in [-0.25, -0.2) is 0 Å². The molecule has 3 aromatic rings. The molecule has 120 valence electrons. The number of nitrogens with one attached hydrogen (secondary N) is 1. The van der Waals surface area contributed by atoms with Crippen molar-refractivity contribution in [3.63, 3.8) is 0 Å². The molecule has 0 saturated carbocycles. The van der Waals surface area contributed by atoms with Crippen LogP contribution in [0.15, 0.2) is 24.3 Å². The molecule has 0 aliphatic rings. The van der Waals surface area contributed by atoms with E-state index in [2.05, 4.69) is 27.5 Å². The monoisotopic (exact) mass is 351 g/mol. The number of hydrogen-bond acceptors (Lipinski definition) is 6. The van der Waals surface area contributed by atoms with Crippen LogP contribution in [-0.2, 0) is 11.2 Å². The molecule has 2 heterocycles. The fourth-order valence-electron chi connectivity index (χ4n) is 1.92. The maximum atomic E-state index is 11.9. The third-order valence-electron chi connectivity index (χ3n) is 2.96. The molecule has 0 unspecified atom stereocenters. The Labute approximate surface area is 141 Å². The highest BCUT2D eigenvalue weighted by atomic mass is 35.5. The molecule has 9 heteroatoms. The van der Waals surface area contributed by atoms with E-state index >= 15 is 0 Å². The van der Waals surface area contributed by atoms with Crippen LogP contribution in [0.2, 0.25) is 5.02 Å². The topological polar surface area (TPSA) is 81.4 Å². The highest BCUT2D eigenvalue weighted by Gasteiger charge is 2.13. The Morgan fingerprint density at radius 1 is 1.35 bits per heavy atom. The summed E-state index contributed by atoms with van der Waals surface area (Å²) in [5, 5.41) is 16.2. The van der Waals surface area contributed by atoms with Gasteiger partial charge >= 0.3 is 0 Å². The molecular formula is C14H14ClN5O2S. The molecule has 23 heavy (non-hydrogen) atoms. The van der Waals surface area contributed by atoms with Crippen molar-refractivity contribution < 1.29 is 9.53 Å². The molecule has 0 atom stereocenters. The summed E-state index contributed by atoms with van der Waals surface area (Å²) in [6.07, 6.45) is 1.74.